The quantitative estimate of drug-likeness (QED) is 0.632. The summed E-state index contributed by atoms with van der Waals surface area (Å²) in [5.41, 5.74) is 3.07. The summed E-state index contributed by atoms with van der Waals surface area (Å²) < 4.78 is 0. The van der Waals surface area contributed by atoms with Crippen LogP contribution in [-0.2, 0) is 6.42 Å². The van der Waals surface area contributed by atoms with Gasteiger partial charge in [0, 0.05) is 0 Å². The average Bonchev–Trinajstić information content (AvgIpc) is 2.53. The minimum atomic E-state index is 0.900. The third kappa shape index (κ3) is 0.955. The highest BCUT2D eigenvalue weighted by Gasteiger charge is 2.04. The van der Waals surface area contributed by atoms with E-state index in [4.69, 9.17) is 0 Å². The monoisotopic (exact) mass is 174 g/mol. The number of aromatic amines is 1. The van der Waals surface area contributed by atoms with Gasteiger partial charge < -0.3 is 0 Å². The Morgan fingerprint density at radius 2 is 2.25 bits per heavy atom. The second-order valence-corrected chi connectivity index (χ2v) is 3.14. The van der Waals surface area contributed by atoms with E-state index in [2.05, 4.69) is 38.6 Å². The van der Waals surface area contributed by atoms with Crippen molar-refractivity contribution in [3.63, 3.8) is 0 Å². The molecule has 0 bridgehead atoms. The predicted molar refractivity (Wildman–Crippen MR) is 48.7 cm³/mol. The molecule has 3 radical (unpaired) electrons. The van der Waals surface area contributed by atoms with Crippen molar-refractivity contribution in [3.8, 4) is 0 Å². The van der Waals surface area contributed by atoms with Gasteiger partial charge in [0.1, 0.15) is 11.0 Å². The molecule has 2 aromatic rings. The summed E-state index contributed by atoms with van der Waals surface area (Å²) >= 11 is 0. The summed E-state index contributed by atoms with van der Waals surface area (Å²) in [4.78, 5) is 0. The maximum absolute atomic E-state index is 4.04. The molecule has 1 heterocycles. The molecule has 0 amide bonds. The van der Waals surface area contributed by atoms with Crippen LogP contribution in [0.1, 0.15) is 12.5 Å². The second-order valence-electron chi connectivity index (χ2n) is 2.64. The predicted octanol–water partition coefficient (Wildman–Crippen LogP) is 0.314. The van der Waals surface area contributed by atoms with Gasteiger partial charge in [-0.25, -0.2) is 0 Å². The molecule has 12 heavy (non-hydrogen) atoms. The first-order valence-corrected chi connectivity index (χ1v) is 4.37. The fraction of sp³-hybridized carbons (Fsp3) is 0.250. The van der Waals surface area contributed by atoms with Gasteiger partial charge in [0.15, 0.2) is 0 Å². The highest BCUT2D eigenvalue weighted by atomic mass is 28.1. The van der Waals surface area contributed by atoms with Gasteiger partial charge in [-0.2, -0.15) is 15.4 Å². The van der Waals surface area contributed by atoms with Crippen molar-refractivity contribution in [2.45, 2.75) is 13.3 Å². The number of fused-ring (bicyclic) bond motifs is 1. The normalized spacial score (nSPS) is 10.8. The summed E-state index contributed by atoms with van der Waals surface area (Å²) in [7, 11) is 3.55. The number of aromatic nitrogens is 3. The topological polar surface area (TPSA) is 41.6 Å². The van der Waals surface area contributed by atoms with Gasteiger partial charge in [0.2, 0.25) is 0 Å². The standard InChI is InChI=1S/C8H8N3Si/c1-2-5-3-4-6-7(8(5)12)10-11-9-6/h3-4H,2H2,1H3,(H,9,10,11). The van der Waals surface area contributed by atoms with Crippen LogP contribution in [-0.4, -0.2) is 25.7 Å². The molecule has 0 aliphatic rings. The van der Waals surface area contributed by atoms with E-state index in [1.807, 2.05) is 6.07 Å². The van der Waals surface area contributed by atoms with Gasteiger partial charge >= 0.3 is 0 Å². The molecule has 1 aromatic carbocycles. The van der Waals surface area contributed by atoms with Crippen molar-refractivity contribution < 1.29 is 0 Å². The molecular formula is C8H8N3Si. The van der Waals surface area contributed by atoms with E-state index in [0.717, 1.165) is 22.6 Å². The van der Waals surface area contributed by atoms with Crippen LogP contribution >= 0.6 is 0 Å². The summed E-state index contributed by atoms with van der Waals surface area (Å²) in [5.74, 6) is 0. The molecule has 0 atom stereocenters. The summed E-state index contributed by atoms with van der Waals surface area (Å²) in [6.07, 6.45) is 1.00. The smallest absolute Gasteiger partial charge is 0.112 e. The van der Waals surface area contributed by atoms with E-state index < -0.39 is 0 Å². The zero-order valence-corrected chi connectivity index (χ0v) is 7.76. The molecule has 0 saturated carbocycles. The Morgan fingerprint density at radius 3 is 3.00 bits per heavy atom. The van der Waals surface area contributed by atoms with E-state index in [0.29, 0.717) is 0 Å². The van der Waals surface area contributed by atoms with Gasteiger partial charge in [0.25, 0.3) is 0 Å². The van der Waals surface area contributed by atoms with Gasteiger partial charge in [-0.3, -0.25) is 0 Å². The van der Waals surface area contributed by atoms with E-state index in [1.54, 1.807) is 0 Å². The second kappa shape index (κ2) is 2.71. The van der Waals surface area contributed by atoms with Crippen molar-refractivity contribution in [1.82, 2.24) is 15.4 Å². The molecule has 59 valence electrons. The molecule has 4 heteroatoms. The van der Waals surface area contributed by atoms with Crippen LogP contribution in [0.5, 0.6) is 0 Å². The summed E-state index contributed by atoms with van der Waals surface area (Å²) in [6.45, 7) is 2.12. The van der Waals surface area contributed by atoms with Crippen LogP contribution < -0.4 is 5.19 Å². The van der Waals surface area contributed by atoms with E-state index >= 15 is 0 Å². The van der Waals surface area contributed by atoms with Crippen molar-refractivity contribution in [2.24, 2.45) is 0 Å². The number of rotatable bonds is 1. The highest BCUT2D eigenvalue weighted by Crippen LogP contribution is 2.07. The number of aryl methyl sites for hydroxylation is 1. The van der Waals surface area contributed by atoms with Crippen molar-refractivity contribution >= 4 is 26.5 Å². The van der Waals surface area contributed by atoms with Gasteiger partial charge in [-0.1, -0.05) is 13.0 Å². The largest absolute Gasteiger partial charge is 0.197 e. The number of benzene rings is 1. The van der Waals surface area contributed by atoms with Gasteiger partial charge in [0.05, 0.1) is 10.2 Å². The Labute approximate surface area is 73.6 Å². The van der Waals surface area contributed by atoms with Crippen molar-refractivity contribution in [1.29, 1.82) is 0 Å². The summed E-state index contributed by atoms with van der Waals surface area (Å²) in [5, 5.41) is 11.7. The fourth-order valence-electron chi connectivity index (χ4n) is 1.25. The molecule has 0 aliphatic carbocycles. The summed E-state index contributed by atoms with van der Waals surface area (Å²) in [6, 6.07) is 4.04. The van der Waals surface area contributed by atoms with Crippen LogP contribution in [0.3, 0.4) is 0 Å². The zero-order valence-electron chi connectivity index (χ0n) is 6.76. The van der Waals surface area contributed by atoms with Gasteiger partial charge in [-0.05, 0) is 23.2 Å². The number of hydrogen-bond donors (Lipinski definition) is 1. The lowest BCUT2D eigenvalue weighted by Crippen LogP contribution is -2.10. The van der Waals surface area contributed by atoms with Crippen molar-refractivity contribution in [2.75, 3.05) is 0 Å². The minimum absolute atomic E-state index is 0.900. The molecule has 0 aliphatic heterocycles. The Hall–Kier alpha value is -1.16. The molecule has 2 rings (SSSR count). The first-order chi connectivity index (χ1) is 5.83. The fourth-order valence-corrected chi connectivity index (χ4v) is 1.69. The molecule has 0 unspecified atom stereocenters. The first kappa shape index (κ1) is 7.48. The van der Waals surface area contributed by atoms with Gasteiger partial charge in [-0.15, -0.1) is 0 Å². The van der Waals surface area contributed by atoms with Crippen LogP contribution in [0.2, 0.25) is 0 Å². The van der Waals surface area contributed by atoms with E-state index in [9.17, 15) is 0 Å². The maximum Gasteiger partial charge on any atom is 0.112 e. The molecule has 3 nitrogen and oxygen atoms in total. The SMILES string of the molecule is CCc1ccc2n[nH]nc2c1[Si]. The van der Waals surface area contributed by atoms with E-state index in [1.165, 1.54) is 5.56 Å². The molecule has 1 N–H and O–H groups in total. The van der Waals surface area contributed by atoms with Crippen LogP contribution in [0.25, 0.3) is 11.0 Å². The zero-order chi connectivity index (χ0) is 8.55. The average molecular weight is 174 g/mol. The number of nitrogens with one attached hydrogen (secondary N) is 1. The lowest BCUT2D eigenvalue weighted by molar-refractivity contribution is 0.960. The first-order valence-electron chi connectivity index (χ1n) is 3.87. The molecule has 1 aromatic heterocycles. The molecular weight excluding hydrogens is 166 g/mol. The van der Waals surface area contributed by atoms with Crippen molar-refractivity contribution in [3.05, 3.63) is 17.7 Å². The number of H-pyrrole nitrogens is 1. The van der Waals surface area contributed by atoms with Crippen LogP contribution in [0.15, 0.2) is 12.1 Å². The Kier molecular flexibility index (Phi) is 1.69. The lowest BCUT2D eigenvalue weighted by atomic mass is 10.1. The molecule has 0 fully saturated rings. The number of hydrogen-bond acceptors (Lipinski definition) is 2. The third-order valence-corrected chi connectivity index (χ3v) is 2.51. The molecule has 0 saturated heterocycles. The van der Waals surface area contributed by atoms with E-state index in [-0.39, 0.29) is 0 Å². The lowest BCUT2D eigenvalue weighted by Gasteiger charge is -2.00. The highest BCUT2D eigenvalue weighted by molar-refractivity contribution is 6.39. The Bertz CT molecular complexity index is 408. The third-order valence-electron chi connectivity index (χ3n) is 1.96. The minimum Gasteiger partial charge on any atom is -0.197 e. The maximum atomic E-state index is 4.04. The van der Waals surface area contributed by atoms with Crippen LogP contribution in [0.4, 0.5) is 0 Å². The van der Waals surface area contributed by atoms with Crippen LogP contribution in [0, 0.1) is 0 Å². The number of nitrogens with zero attached hydrogens (tertiary/aromatic N) is 2. The Balaban J connectivity index is 2.78. The Morgan fingerprint density at radius 1 is 1.42 bits per heavy atom. The molecule has 0 spiro atoms.